The highest BCUT2D eigenvalue weighted by Crippen LogP contribution is 2.10. The van der Waals surface area contributed by atoms with Crippen LogP contribution in [-0.2, 0) is 14.3 Å². The normalized spacial score (nSPS) is 25.7. The third-order valence-corrected chi connectivity index (χ3v) is 2.32. The number of hydrogen-bond acceptors (Lipinski definition) is 3. The van der Waals surface area contributed by atoms with Crippen LogP contribution >= 0.6 is 0 Å². The fraction of sp³-hybridized carbons (Fsp3) is 0.818. The van der Waals surface area contributed by atoms with E-state index in [9.17, 15) is 9.59 Å². The van der Waals surface area contributed by atoms with E-state index in [-0.39, 0.29) is 18.2 Å². The summed E-state index contributed by atoms with van der Waals surface area (Å²) >= 11 is 0. The van der Waals surface area contributed by atoms with Crippen molar-refractivity contribution in [2.24, 2.45) is 0 Å². The molecule has 16 heavy (non-hydrogen) atoms. The Morgan fingerprint density at radius 2 is 1.75 bits per heavy atom. The molecule has 0 aromatic heterocycles. The molecule has 2 amide bonds. The number of nitrogens with zero attached hydrogens (tertiary/aromatic N) is 1. The van der Waals surface area contributed by atoms with Crippen molar-refractivity contribution in [3.05, 3.63) is 0 Å². The van der Waals surface area contributed by atoms with Crippen molar-refractivity contribution in [2.45, 2.75) is 45.9 Å². The Kier molecular flexibility index (Phi) is 4.29. The van der Waals surface area contributed by atoms with Crippen LogP contribution in [-0.4, -0.2) is 48.1 Å². The summed E-state index contributed by atoms with van der Waals surface area (Å²) in [5, 5.41) is 2.60. The van der Waals surface area contributed by atoms with Crippen molar-refractivity contribution >= 4 is 11.8 Å². The molecule has 5 nitrogen and oxygen atoms in total. The zero-order chi connectivity index (χ0) is 12.3. The third kappa shape index (κ3) is 3.48. The number of amides is 2. The summed E-state index contributed by atoms with van der Waals surface area (Å²) in [6.45, 7) is 8.42. The minimum Gasteiger partial charge on any atom is -0.372 e. The molecule has 1 aliphatic rings. The minimum absolute atomic E-state index is 0.0143. The van der Waals surface area contributed by atoms with Gasteiger partial charge in [0.15, 0.2) is 0 Å². The Morgan fingerprint density at radius 1 is 1.25 bits per heavy atom. The van der Waals surface area contributed by atoms with E-state index >= 15 is 0 Å². The molecule has 0 bridgehead atoms. The van der Waals surface area contributed by atoms with Crippen molar-refractivity contribution in [1.82, 2.24) is 10.2 Å². The molecule has 5 heteroatoms. The van der Waals surface area contributed by atoms with Gasteiger partial charge in [-0.1, -0.05) is 0 Å². The number of nitrogens with one attached hydrogen (secondary N) is 1. The minimum atomic E-state index is -0.531. The second kappa shape index (κ2) is 5.30. The number of carbonyl (C=O) groups is 2. The van der Waals surface area contributed by atoms with Crippen LogP contribution in [0.4, 0.5) is 0 Å². The van der Waals surface area contributed by atoms with Gasteiger partial charge in [0.2, 0.25) is 0 Å². The van der Waals surface area contributed by atoms with E-state index in [0.717, 1.165) is 0 Å². The average molecular weight is 228 g/mol. The van der Waals surface area contributed by atoms with Gasteiger partial charge in [-0.15, -0.1) is 0 Å². The highest BCUT2D eigenvalue weighted by Gasteiger charge is 2.29. The smallest absolute Gasteiger partial charge is 0.312 e. The Bertz CT molecular complexity index is 268. The largest absolute Gasteiger partial charge is 0.372 e. The lowest BCUT2D eigenvalue weighted by molar-refractivity contribution is -0.153. The summed E-state index contributed by atoms with van der Waals surface area (Å²) in [6.07, 6.45) is -0.0286. The Labute approximate surface area is 96.1 Å². The van der Waals surface area contributed by atoms with Crippen LogP contribution in [0, 0.1) is 0 Å². The molecule has 0 spiro atoms. The third-order valence-electron chi connectivity index (χ3n) is 2.32. The SMILES string of the molecule is CC(C)NC(=O)C(=O)N1CC(C)OC(C)C1. The lowest BCUT2D eigenvalue weighted by Crippen LogP contribution is -2.53. The van der Waals surface area contributed by atoms with E-state index < -0.39 is 11.8 Å². The van der Waals surface area contributed by atoms with Crippen LogP contribution in [0.2, 0.25) is 0 Å². The zero-order valence-corrected chi connectivity index (χ0v) is 10.3. The van der Waals surface area contributed by atoms with Gasteiger partial charge in [0, 0.05) is 19.1 Å². The topological polar surface area (TPSA) is 58.6 Å². The van der Waals surface area contributed by atoms with Gasteiger partial charge in [-0.2, -0.15) is 0 Å². The molecule has 1 N–H and O–H groups in total. The van der Waals surface area contributed by atoms with Crippen molar-refractivity contribution in [1.29, 1.82) is 0 Å². The van der Waals surface area contributed by atoms with E-state index in [1.807, 2.05) is 27.7 Å². The first-order valence-electron chi connectivity index (χ1n) is 5.65. The molecule has 0 radical (unpaired) electrons. The summed E-state index contributed by atoms with van der Waals surface area (Å²) in [5.41, 5.74) is 0. The van der Waals surface area contributed by atoms with Crippen LogP contribution in [0.25, 0.3) is 0 Å². The fourth-order valence-electron chi connectivity index (χ4n) is 1.81. The van der Waals surface area contributed by atoms with Crippen LogP contribution in [0.1, 0.15) is 27.7 Å². The quantitative estimate of drug-likeness (QED) is 0.650. The van der Waals surface area contributed by atoms with Gasteiger partial charge < -0.3 is 15.0 Å². The van der Waals surface area contributed by atoms with Crippen molar-refractivity contribution < 1.29 is 14.3 Å². The molecule has 1 fully saturated rings. The van der Waals surface area contributed by atoms with Gasteiger partial charge in [0.1, 0.15) is 0 Å². The van der Waals surface area contributed by atoms with Crippen LogP contribution in [0.3, 0.4) is 0 Å². The number of carbonyl (C=O) groups excluding carboxylic acids is 2. The Morgan fingerprint density at radius 3 is 2.19 bits per heavy atom. The first kappa shape index (κ1) is 13.0. The predicted octanol–water partition coefficient (Wildman–Crippen LogP) is 0.147. The van der Waals surface area contributed by atoms with Crippen molar-refractivity contribution in [3.63, 3.8) is 0 Å². The summed E-state index contributed by atoms with van der Waals surface area (Å²) < 4.78 is 5.50. The monoisotopic (exact) mass is 228 g/mol. The van der Waals surface area contributed by atoms with Gasteiger partial charge in [-0.05, 0) is 27.7 Å². The molecule has 0 aromatic rings. The number of morpholine rings is 1. The van der Waals surface area contributed by atoms with Crippen LogP contribution in [0.5, 0.6) is 0 Å². The summed E-state index contributed by atoms with van der Waals surface area (Å²) in [7, 11) is 0. The number of rotatable bonds is 1. The highest BCUT2D eigenvalue weighted by atomic mass is 16.5. The maximum atomic E-state index is 11.8. The van der Waals surface area contributed by atoms with Crippen molar-refractivity contribution in [3.8, 4) is 0 Å². The lowest BCUT2D eigenvalue weighted by atomic mass is 10.2. The second-order valence-corrected chi connectivity index (χ2v) is 4.60. The van der Waals surface area contributed by atoms with Crippen LogP contribution in [0.15, 0.2) is 0 Å². The van der Waals surface area contributed by atoms with Gasteiger partial charge >= 0.3 is 11.8 Å². The van der Waals surface area contributed by atoms with Gasteiger partial charge in [0.05, 0.1) is 12.2 Å². The fourth-order valence-corrected chi connectivity index (χ4v) is 1.81. The molecular weight excluding hydrogens is 208 g/mol. The van der Waals surface area contributed by atoms with E-state index in [1.165, 1.54) is 0 Å². The van der Waals surface area contributed by atoms with Crippen molar-refractivity contribution in [2.75, 3.05) is 13.1 Å². The molecule has 1 rings (SSSR count). The first-order valence-corrected chi connectivity index (χ1v) is 5.65. The van der Waals surface area contributed by atoms with E-state index in [2.05, 4.69) is 5.32 Å². The molecular formula is C11H20N2O3. The Balaban J connectivity index is 2.56. The highest BCUT2D eigenvalue weighted by molar-refractivity contribution is 6.35. The first-order chi connectivity index (χ1) is 7.40. The molecule has 0 aromatic carbocycles. The number of hydrogen-bond donors (Lipinski definition) is 1. The zero-order valence-electron chi connectivity index (χ0n) is 10.3. The molecule has 2 atom stereocenters. The van der Waals surface area contributed by atoms with Crippen LogP contribution < -0.4 is 5.32 Å². The van der Waals surface area contributed by atoms with Gasteiger partial charge in [0.25, 0.3) is 0 Å². The molecule has 92 valence electrons. The van der Waals surface area contributed by atoms with E-state index in [4.69, 9.17) is 4.74 Å². The maximum absolute atomic E-state index is 11.8. The van der Waals surface area contributed by atoms with E-state index in [0.29, 0.717) is 13.1 Å². The summed E-state index contributed by atoms with van der Waals surface area (Å²) in [6, 6.07) is -0.0210. The van der Waals surface area contributed by atoms with Gasteiger partial charge in [-0.25, -0.2) is 0 Å². The standard InChI is InChI=1S/C11H20N2O3/c1-7(2)12-10(14)11(15)13-5-8(3)16-9(4)6-13/h7-9H,5-6H2,1-4H3,(H,12,14). The predicted molar refractivity (Wildman–Crippen MR) is 59.9 cm³/mol. The maximum Gasteiger partial charge on any atom is 0.312 e. The summed E-state index contributed by atoms with van der Waals surface area (Å²) in [5.74, 6) is -0.994. The summed E-state index contributed by atoms with van der Waals surface area (Å²) in [4.78, 5) is 24.9. The number of ether oxygens (including phenoxy) is 1. The Hall–Kier alpha value is -1.10. The molecule has 1 heterocycles. The molecule has 1 saturated heterocycles. The molecule has 1 aliphatic heterocycles. The van der Waals surface area contributed by atoms with Gasteiger partial charge in [-0.3, -0.25) is 9.59 Å². The second-order valence-electron chi connectivity index (χ2n) is 4.60. The molecule has 0 saturated carbocycles. The lowest BCUT2D eigenvalue weighted by Gasteiger charge is -2.34. The van der Waals surface area contributed by atoms with E-state index in [1.54, 1.807) is 4.90 Å². The average Bonchev–Trinajstić information content (AvgIpc) is 2.13. The molecule has 0 aliphatic carbocycles. The molecule has 2 unspecified atom stereocenters.